The van der Waals surface area contributed by atoms with Gasteiger partial charge in [0.25, 0.3) is 11.4 Å². The first-order chi connectivity index (χ1) is 8.90. The smallest absolute Gasteiger partial charge is 0.278 e. The number of carbonyl (C=O) groups excluding carboxylic acids is 1. The fraction of sp³-hybridized carbons (Fsp3) is 0.250. The van der Waals surface area contributed by atoms with Gasteiger partial charge in [-0.2, -0.15) is 5.11 Å². The molecule has 0 amide bonds. The van der Waals surface area contributed by atoms with Gasteiger partial charge >= 0.3 is 0 Å². The molecule has 98 valence electrons. The summed E-state index contributed by atoms with van der Waals surface area (Å²) >= 11 is 0. The molecule has 0 radical (unpaired) electrons. The van der Waals surface area contributed by atoms with Gasteiger partial charge in [0.15, 0.2) is 0 Å². The van der Waals surface area contributed by atoms with E-state index in [1.807, 2.05) is 0 Å². The summed E-state index contributed by atoms with van der Waals surface area (Å²) in [4.78, 5) is 21.6. The van der Waals surface area contributed by atoms with E-state index in [9.17, 15) is 14.9 Å². The fourth-order valence-electron chi connectivity index (χ4n) is 1.58. The normalized spacial score (nSPS) is 22.4. The predicted molar refractivity (Wildman–Crippen MR) is 65.9 cm³/mol. The van der Waals surface area contributed by atoms with E-state index in [2.05, 4.69) is 10.2 Å². The Labute approximate surface area is 108 Å². The minimum Gasteiger partial charge on any atom is -0.462 e. The quantitative estimate of drug-likeness (QED) is 0.475. The molecule has 1 aliphatic heterocycles. The van der Waals surface area contributed by atoms with Gasteiger partial charge in [-0.1, -0.05) is 0 Å². The molecule has 1 atom stereocenters. The maximum atomic E-state index is 11.6. The molecule has 0 aliphatic carbocycles. The highest BCUT2D eigenvalue weighted by Gasteiger charge is 2.39. The van der Waals surface area contributed by atoms with Gasteiger partial charge in [0, 0.05) is 25.1 Å². The SMILES string of the molecule is CC1=CC(=O)C(C)(N=Nc2ccc([N+](=O)[O-])cc2)O1. The molecular formula is C12H11N3O4. The standard InChI is InChI=1S/C12H11N3O4/c1-8-7-11(16)12(2,19-8)14-13-9-3-5-10(6-4-9)15(17)18/h3-7H,1-2H3. The first-order valence-corrected chi connectivity index (χ1v) is 5.50. The zero-order valence-electron chi connectivity index (χ0n) is 10.4. The van der Waals surface area contributed by atoms with Crippen molar-refractivity contribution in [3.63, 3.8) is 0 Å². The number of carbonyl (C=O) groups is 1. The Hall–Kier alpha value is -2.57. The number of ketones is 1. The van der Waals surface area contributed by atoms with Crippen molar-refractivity contribution >= 4 is 17.2 Å². The second-order valence-corrected chi connectivity index (χ2v) is 4.18. The summed E-state index contributed by atoms with van der Waals surface area (Å²) in [5.41, 5.74) is -0.963. The van der Waals surface area contributed by atoms with E-state index in [-0.39, 0.29) is 11.5 Å². The Kier molecular flexibility index (Phi) is 3.12. The largest absolute Gasteiger partial charge is 0.462 e. The van der Waals surface area contributed by atoms with Crippen LogP contribution in [-0.2, 0) is 9.53 Å². The minimum atomic E-state index is -1.34. The molecule has 1 unspecified atom stereocenters. The third kappa shape index (κ3) is 2.65. The summed E-state index contributed by atoms with van der Waals surface area (Å²) < 4.78 is 5.29. The number of benzene rings is 1. The molecule has 0 saturated heterocycles. The average Bonchev–Trinajstić information content (AvgIpc) is 2.61. The number of non-ortho nitro benzene ring substituents is 1. The molecule has 0 aromatic heterocycles. The summed E-state index contributed by atoms with van der Waals surface area (Å²) in [5, 5.41) is 18.2. The fourth-order valence-corrected chi connectivity index (χ4v) is 1.58. The summed E-state index contributed by atoms with van der Waals surface area (Å²) in [7, 11) is 0. The van der Waals surface area contributed by atoms with Gasteiger partial charge in [0.05, 0.1) is 10.6 Å². The van der Waals surface area contributed by atoms with Crippen LogP contribution in [-0.4, -0.2) is 16.4 Å². The molecule has 0 N–H and O–H groups in total. The second kappa shape index (κ2) is 4.60. The molecule has 1 aromatic rings. The summed E-state index contributed by atoms with van der Waals surface area (Å²) in [5.74, 6) is 0.200. The van der Waals surface area contributed by atoms with Gasteiger partial charge in [0.2, 0.25) is 5.78 Å². The van der Waals surface area contributed by atoms with Crippen molar-refractivity contribution < 1.29 is 14.5 Å². The van der Waals surface area contributed by atoms with E-state index in [0.29, 0.717) is 11.4 Å². The number of nitro groups is 1. The van der Waals surface area contributed by atoms with Gasteiger partial charge in [-0.15, -0.1) is 5.11 Å². The highest BCUT2D eigenvalue weighted by molar-refractivity contribution is 5.98. The number of rotatable bonds is 3. The number of hydrogen-bond acceptors (Lipinski definition) is 6. The Balaban J connectivity index is 2.15. The lowest BCUT2D eigenvalue weighted by molar-refractivity contribution is -0.384. The third-order valence-electron chi connectivity index (χ3n) is 2.57. The van der Waals surface area contributed by atoms with Crippen molar-refractivity contribution in [2.45, 2.75) is 19.6 Å². The van der Waals surface area contributed by atoms with E-state index in [1.165, 1.54) is 37.3 Å². The van der Waals surface area contributed by atoms with E-state index in [1.54, 1.807) is 6.92 Å². The number of allylic oxidation sites excluding steroid dienone is 1. The highest BCUT2D eigenvalue weighted by Crippen LogP contribution is 2.28. The lowest BCUT2D eigenvalue weighted by Gasteiger charge is -2.16. The van der Waals surface area contributed by atoms with Crippen LogP contribution in [0.2, 0.25) is 0 Å². The molecule has 0 bridgehead atoms. The number of hydrogen-bond donors (Lipinski definition) is 0. The number of azo groups is 1. The Bertz CT molecular complexity index is 591. The van der Waals surface area contributed by atoms with Gasteiger partial charge in [-0.25, -0.2) is 0 Å². The number of ether oxygens (including phenoxy) is 1. The van der Waals surface area contributed by atoms with E-state index < -0.39 is 10.6 Å². The van der Waals surface area contributed by atoms with Gasteiger partial charge in [-0.3, -0.25) is 14.9 Å². The zero-order chi connectivity index (χ0) is 14.0. The van der Waals surface area contributed by atoms with E-state index in [4.69, 9.17) is 4.74 Å². The molecule has 0 saturated carbocycles. The van der Waals surface area contributed by atoms with Crippen LogP contribution in [0, 0.1) is 10.1 Å². The molecule has 1 heterocycles. The van der Waals surface area contributed by atoms with Crippen LogP contribution in [0.15, 0.2) is 46.3 Å². The first-order valence-electron chi connectivity index (χ1n) is 5.50. The maximum Gasteiger partial charge on any atom is 0.278 e. The van der Waals surface area contributed by atoms with Crippen LogP contribution >= 0.6 is 0 Å². The van der Waals surface area contributed by atoms with Crippen LogP contribution in [0.25, 0.3) is 0 Å². The predicted octanol–water partition coefficient (Wildman–Crippen LogP) is 2.90. The van der Waals surface area contributed by atoms with Crippen molar-refractivity contribution in [1.29, 1.82) is 0 Å². The Morgan fingerprint density at radius 1 is 1.32 bits per heavy atom. The van der Waals surface area contributed by atoms with Crippen LogP contribution in [0.1, 0.15) is 13.8 Å². The molecule has 7 heteroatoms. The number of nitro benzene ring substituents is 1. The highest BCUT2D eigenvalue weighted by atomic mass is 16.6. The molecule has 0 fully saturated rings. The van der Waals surface area contributed by atoms with Crippen LogP contribution < -0.4 is 0 Å². The van der Waals surface area contributed by atoms with Crippen LogP contribution in [0.4, 0.5) is 11.4 Å². The minimum absolute atomic E-state index is 0.0316. The third-order valence-corrected chi connectivity index (χ3v) is 2.57. The monoisotopic (exact) mass is 261 g/mol. The van der Waals surface area contributed by atoms with Gasteiger partial charge < -0.3 is 4.74 Å². The van der Waals surface area contributed by atoms with Crippen molar-refractivity contribution in [3.05, 3.63) is 46.2 Å². The Morgan fingerprint density at radius 3 is 2.42 bits per heavy atom. The van der Waals surface area contributed by atoms with E-state index in [0.717, 1.165) is 0 Å². The van der Waals surface area contributed by atoms with Crippen molar-refractivity contribution in [2.75, 3.05) is 0 Å². The topological polar surface area (TPSA) is 94.2 Å². The van der Waals surface area contributed by atoms with Gasteiger partial charge in [0.1, 0.15) is 5.76 Å². The van der Waals surface area contributed by atoms with E-state index >= 15 is 0 Å². The molecule has 7 nitrogen and oxygen atoms in total. The lowest BCUT2D eigenvalue weighted by atomic mass is 10.2. The molecular weight excluding hydrogens is 250 g/mol. The van der Waals surface area contributed by atoms with Crippen LogP contribution in [0.3, 0.4) is 0 Å². The zero-order valence-corrected chi connectivity index (χ0v) is 10.4. The molecule has 0 spiro atoms. The molecule has 1 aromatic carbocycles. The van der Waals surface area contributed by atoms with Crippen LogP contribution in [0.5, 0.6) is 0 Å². The van der Waals surface area contributed by atoms with Crippen molar-refractivity contribution in [2.24, 2.45) is 10.2 Å². The average molecular weight is 261 g/mol. The molecule has 2 rings (SSSR count). The summed E-state index contributed by atoms with van der Waals surface area (Å²) in [6.45, 7) is 3.17. The maximum absolute atomic E-state index is 11.6. The molecule has 1 aliphatic rings. The summed E-state index contributed by atoms with van der Waals surface area (Å²) in [6, 6.07) is 5.53. The number of nitrogens with zero attached hydrogens (tertiary/aromatic N) is 3. The van der Waals surface area contributed by atoms with Crippen molar-refractivity contribution in [3.8, 4) is 0 Å². The van der Waals surface area contributed by atoms with Gasteiger partial charge in [-0.05, 0) is 19.1 Å². The van der Waals surface area contributed by atoms with Crippen molar-refractivity contribution in [1.82, 2.24) is 0 Å². The lowest BCUT2D eigenvalue weighted by Crippen LogP contribution is -2.29. The first kappa shape index (κ1) is 12.9. The molecule has 19 heavy (non-hydrogen) atoms. The summed E-state index contributed by atoms with van der Waals surface area (Å²) in [6.07, 6.45) is 1.36. The Morgan fingerprint density at radius 2 is 1.95 bits per heavy atom. The second-order valence-electron chi connectivity index (χ2n) is 4.18.